The molecular weight excluding hydrogens is 250 g/mol. The van der Waals surface area contributed by atoms with Gasteiger partial charge < -0.3 is 5.73 Å². The summed E-state index contributed by atoms with van der Waals surface area (Å²) >= 11 is 1.86. The van der Waals surface area contributed by atoms with Gasteiger partial charge in [-0.2, -0.15) is 0 Å². The van der Waals surface area contributed by atoms with E-state index < -0.39 is 0 Å². The first kappa shape index (κ1) is 12.9. The Morgan fingerprint density at radius 3 is 2.53 bits per heavy atom. The van der Waals surface area contributed by atoms with Gasteiger partial charge in [0, 0.05) is 15.8 Å². The first-order valence-corrected chi connectivity index (χ1v) is 8.04. The molecule has 0 bridgehead atoms. The Balaban J connectivity index is 1.77. The average molecular weight is 271 g/mol. The van der Waals surface area contributed by atoms with Crippen LogP contribution in [-0.2, 0) is 6.42 Å². The van der Waals surface area contributed by atoms with Crippen LogP contribution >= 0.6 is 11.3 Å². The van der Waals surface area contributed by atoms with Crippen molar-refractivity contribution in [2.75, 3.05) is 0 Å². The highest BCUT2D eigenvalue weighted by Crippen LogP contribution is 2.42. The van der Waals surface area contributed by atoms with Crippen molar-refractivity contribution >= 4 is 11.3 Å². The van der Waals surface area contributed by atoms with Crippen LogP contribution in [0.1, 0.15) is 42.7 Å². The quantitative estimate of drug-likeness (QED) is 0.832. The second-order valence-corrected chi connectivity index (χ2v) is 6.63. The summed E-state index contributed by atoms with van der Waals surface area (Å²) in [4.78, 5) is 2.68. The lowest BCUT2D eigenvalue weighted by Gasteiger charge is -2.06. The number of rotatable bonds is 5. The molecule has 100 valence electrons. The van der Waals surface area contributed by atoms with Crippen LogP contribution < -0.4 is 5.73 Å². The van der Waals surface area contributed by atoms with Crippen LogP contribution in [0.2, 0.25) is 0 Å². The first-order valence-electron chi connectivity index (χ1n) is 7.22. The maximum absolute atomic E-state index is 6.27. The minimum absolute atomic E-state index is 0.262. The summed E-state index contributed by atoms with van der Waals surface area (Å²) in [7, 11) is 0. The van der Waals surface area contributed by atoms with Crippen LogP contribution in [0, 0.1) is 5.92 Å². The van der Waals surface area contributed by atoms with E-state index in [-0.39, 0.29) is 6.04 Å². The maximum Gasteiger partial charge on any atom is 0.0418 e. The molecule has 19 heavy (non-hydrogen) atoms. The molecule has 2 aromatic rings. The Bertz CT molecular complexity index is 537. The molecule has 1 aromatic carbocycles. The van der Waals surface area contributed by atoms with Crippen molar-refractivity contribution < 1.29 is 0 Å². The monoisotopic (exact) mass is 271 g/mol. The predicted octanol–water partition coefficient (Wildman–Crippen LogP) is 4.78. The fraction of sp³-hybridized carbons (Fsp3) is 0.412. The van der Waals surface area contributed by atoms with Gasteiger partial charge in [-0.1, -0.05) is 37.6 Å². The van der Waals surface area contributed by atoms with Gasteiger partial charge in [0.05, 0.1) is 0 Å². The molecule has 1 aliphatic rings. The number of thiophene rings is 1. The maximum atomic E-state index is 6.27. The Kier molecular flexibility index (Phi) is 3.72. The van der Waals surface area contributed by atoms with Gasteiger partial charge in [0.2, 0.25) is 0 Å². The van der Waals surface area contributed by atoms with Crippen molar-refractivity contribution in [2.45, 2.75) is 38.6 Å². The van der Waals surface area contributed by atoms with E-state index in [0.717, 1.165) is 5.92 Å². The van der Waals surface area contributed by atoms with Gasteiger partial charge in [-0.15, -0.1) is 11.3 Å². The number of hydrogen-bond acceptors (Lipinski definition) is 2. The lowest BCUT2D eigenvalue weighted by Crippen LogP contribution is -2.10. The SMILES string of the molecule is CCCc1ccc(-c2ccc(C(N)C3CC3)s2)cc1. The van der Waals surface area contributed by atoms with E-state index in [2.05, 4.69) is 43.3 Å². The average Bonchev–Trinajstić information content (AvgIpc) is 3.17. The van der Waals surface area contributed by atoms with Gasteiger partial charge in [0.1, 0.15) is 0 Å². The highest BCUT2D eigenvalue weighted by molar-refractivity contribution is 7.15. The van der Waals surface area contributed by atoms with E-state index in [4.69, 9.17) is 5.73 Å². The zero-order valence-electron chi connectivity index (χ0n) is 11.4. The first-order chi connectivity index (χ1) is 9.28. The van der Waals surface area contributed by atoms with E-state index in [1.165, 1.54) is 46.6 Å². The Hall–Kier alpha value is -1.12. The molecule has 1 aromatic heterocycles. The van der Waals surface area contributed by atoms with E-state index in [1.54, 1.807) is 0 Å². The summed E-state index contributed by atoms with van der Waals surface area (Å²) in [6.45, 7) is 2.22. The van der Waals surface area contributed by atoms with Crippen LogP contribution in [0.4, 0.5) is 0 Å². The molecule has 0 saturated heterocycles. The van der Waals surface area contributed by atoms with E-state index in [9.17, 15) is 0 Å². The standard InChI is InChI=1S/C17H21NS/c1-2-3-12-4-6-13(7-5-12)15-10-11-16(19-15)17(18)14-8-9-14/h4-7,10-11,14,17H,2-3,8-9,18H2,1H3. The molecule has 1 nitrogen and oxygen atoms in total. The Morgan fingerprint density at radius 2 is 1.89 bits per heavy atom. The zero-order valence-corrected chi connectivity index (χ0v) is 12.2. The van der Waals surface area contributed by atoms with Crippen molar-refractivity contribution in [1.82, 2.24) is 0 Å². The molecule has 1 atom stereocenters. The highest BCUT2D eigenvalue weighted by Gasteiger charge is 2.30. The van der Waals surface area contributed by atoms with Gasteiger partial charge >= 0.3 is 0 Å². The molecule has 1 saturated carbocycles. The summed E-state index contributed by atoms with van der Waals surface area (Å²) in [5.74, 6) is 0.735. The van der Waals surface area contributed by atoms with E-state index in [1.807, 2.05) is 11.3 Å². The molecule has 0 aliphatic heterocycles. The van der Waals surface area contributed by atoms with Crippen molar-refractivity contribution in [2.24, 2.45) is 11.7 Å². The minimum Gasteiger partial charge on any atom is -0.323 e. The lowest BCUT2D eigenvalue weighted by molar-refractivity contribution is 0.645. The third kappa shape index (κ3) is 2.90. The summed E-state index contributed by atoms with van der Waals surface area (Å²) < 4.78 is 0. The van der Waals surface area contributed by atoms with Crippen molar-refractivity contribution in [3.63, 3.8) is 0 Å². The molecule has 1 fully saturated rings. The third-order valence-corrected chi connectivity index (χ3v) is 5.10. The smallest absolute Gasteiger partial charge is 0.0418 e. The second-order valence-electron chi connectivity index (χ2n) is 5.51. The van der Waals surface area contributed by atoms with Crippen LogP contribution in [-0.4, -0.2) is 0 Å². The van der Waals surface area contributed by atoms with Crippen molar-refractivity contribution in [3.8, 4) is 10.4 Å². The largest absolute Gasteiger partial charge is 0.323 e. The summed E-state index contributed by atoms with van der Waals surface area (Å²) in [6.07, 6.45) is 4.99. The minimum atomic E-state index is 0.262. The van der Waals surface area contributed by atoms with E-state index >= 15 is 0 Å². The molecule has 2 N–H and O–H groups in total. The molecule has 2 heteroatoms. The van der Waals surface area contributed by atoms with Crippen LogP contribution in [0.3, 0.4) is 0 Å². The van der Waals surface area contributed by atoms with Crippen LogP contribution in [0.15, 0.2) is 36.4 Å². The van der Waals surface area contributed by atoms with Crippen molar-refractivity contribution in [1.29, 1.82) is 0 Å². The molecular formula is C17H21NS. The number of benzene rings is 1. The van der Waals surface area contributed by atoms with Gasteiger partial charge in [-0.3, -0.25) is 0 Å². The topological polar surface area (TPSA) is 26.0 Å². The Morgan fingerprint density at radius 1 is 1.16 bits per heavy atom. The van der Waals surface area contributed by atoms with Gasteiger partial charge in [-0.25, -0.2) is 0 Å². The molecule has 1 unspecified atom stereocenters. The fourth-order valence-electron chi connectivity index (χ4n) is 2.50. The van der Waals surface area contributed by atoms with Gasteiger partial charge in [0.15, 0.2) is 0 Å². The molecule has 1 aliphatic carbocycles. The summed E-state index contributed by atoms with van der Waals surface area (Å²) in [6, 6.07) is 13.7. The van der Waals surface area contributed by atoms with Crippen LogP contribution in [0.25, 0.3) is 10.4 Å². The molecule has 0 spiro atoms. The molecule has 3 rings (SSSR count). The molecule has 0 radical (unpaired) electrons. The predicted molar refractivity (Wildman–Crippen MR) is 83.4 cm³/mol. The third-order valence-electron chi connectivity index (χ3n) is 3.86. The Labute approximate surface area is 119 Å². The van der Waals surface area contributed by atoms with Crippen molar-refractivity contribution in [3.05, 3.63) is 46.8 Å². The summed E-state index contributed by atoms with van der Waals surface area (Å²) in [5, 5.41) is 0. The molecule has 1 heterocycles. The lowest BCUT2D eigenvalue weighted by atomic mass is 10.1. The number of nitrogens with two attached hydrogens (primary N) is 1. The fourth-order valence-corrected chi connectivity index (χ4v) is 3.61. The number of aryl methyl sites for hydroxylation is 1. The summed E-state index contributed by atoms with van der Waals surface area (Å²) in [5.41, 5.74) is 9.01. The zero-order chi connectivity index (χ0) is 13.2. The van der Waals surface area contributed by atoms with Crippen LogP contribution in [0.5, 0.6) is 0 Å². The van der Waals surface area contributed by atoms with Gasteiger partial charge in [0.25, 0.3) is 0 Å². The normalized spacial score (nSPS) is 16.5. The van der Waals surface area contributed by atoms with Gasteiger partial charge in [-0.05, 0) is 48.4 Å². The second kappa shape index (κ2) is 5.48. The number of hydrogen-bond donors (Lipinski definition) is 1. The molecule has 0 amide bonds. The van der Waals surface area contributed by atoms with E-state index in [0.29, 0.717) is 0 Å². The highest BCUT2D eigenvalue weighted by atomic mass is 32.1.